The normalized spacial score (nSPS) is 12.4. The Balaban J connectivity index is 2.87. The molecular formula is C6H8N4. The molecule has 0 amide bonds. The maximum Gasteiger partial charge on any atom is 0.135 e. The van der Waals surface area contributed by atoms with Crippen molar-refractivity contribution in [1.29, 1.82) is 5.26 Å². The number of hydrogen-bond acceptors (Lipinski definition) is 3. The fourth-order valence-corrected chi connectivity index (χ4v) is 0.624. The first-order valence-electron chi connectivity index (χ1n) is 2.93. The average molecular weight is 136 g/mol. The lowest BCUT2D eigenvalue weighted by Gasteiger charge is -1.99. The Morgan fingerprint density at radius 1 is 1.90 bits per heavy atom. The third-order valence-electron chi connectivity index (χ3n) is 1.21. The van der Waals surface area contributed by atoms with Gasteiger partial charge in [-0.1, -0.05) is 0 Å². The van der Waals surface area contributed by atoms with E-state index in [4.69, 9.17) is 11.0 Å². The molecule has 0 aliphatic heterocycles. The third kappa shape index (κ3) is 1.08. The SMILES string of the molecule is C[C@@H](C#N)n1cc(N)cn1. The van der Waals surface area contributed by atoms with Crippen molar-refractivity contribution < 1.29 is 0 Å². The van der Waals surface area contributed by atoms with Crippen LogP contribution in [0.5, 0.6) is 0 Å². The number of aromatic nitrogens is 2. The molecule has 0 unspecified atom stereocenters. The molecule has 52 valence electrons. The molecule has 1 heterocycles. The van der Waals surface area contributed by atoms with Gasteiger partial charge in [-0.3, -0.25) is 4.68 Å². The molecular weight excluding hydrogens is 128 g/mol. The van der Waals surface area contributed by atoms with Crippen LogP contribution in [0.15, 0.2) is 12.4 Å². The first-order valence-corrected chi connectivity index (χ1v) is 2.93. The second kappa shape index (κ2) is 2.40. The quantitative estimate of drug-likeness (QED) is 0.613. The van der Waals surface area contributed by atoms with Crippen molar-refractivity contribution in [1.82, 2.24) is 9.78 Å². The zero-order chi connectivity index (χ0) is 7.56. The van der Waals surface area contributed by atoms with Crippen LogP contribution in [0.3, 0.4) is 0 Å². The van der Waals surface area contributed by atoms with Gasteiger partial charge < -0.3 is 5.73 Å². The topological polar surface area (TPSA) is 67.6 Å². The first-order chi connectivity index (χ1) is 4.74. The largest absolute Gasteiger partial charge is 0.396 e. The fourth-order valence-electron chi connectivity index (χ4n) is 0.624. The van der Waals surface area contributed by atoms with Crippen molar-refractivity contribution in [3.8, 4) is 6.07 Å². The maximum absolute atomic E-state index is 8.45. The molecule has 0 saturated carbocycles. The van der Waals surface area contributed by atoms with E-state index in [9.17, 15) is 0 Å². The van der Waals surface area contributed by atoms with E-state index in [0.29, 0.717) is 5.69 Å². The molecule has 0 fully saturated rings. The van der Waals surface area contributed by atoms with Crippen LogP contribution >= 0.6 is 0 Å². The van der Waals surface area contributed by atoms with E-state index in [0.717, 1.165) is 0 Å². The molecule has 1 aromatic rings. The molecule has 1 rings (SSSR count). The molecule has 10 heavy (non-hydrogen) atoms. The van der Waals surface area contributed by atoms with Crippen molar-refractivity contribution >= 4 is 5.69 Å². The van der Waals surface area contributed by atoms with Gasteiger partial charge in [0, 0.05) is 6.20 Å². The standard InChI is InChI=1S/C6H8N4/c1-5(2-7)10-4-6(8)3-9-10/h3-5H,8H2,1H3/t5-/m0/s1. The summed E-state index contributed by atoms with van der Waals surface area (Å²) in [6, 6.07) is 1.80. The minimum absolute atomic E-state index is 0.239. The number of nitrogen functional groups attached to an aromatic ring is 1. The minimum Gasteiger partial charge on any atom is -0.396 e. The number of anilines is 1. The summed E-state index contributed by atoms with van der Waals surface area (Å²) in [6.07, 6.45) is 3.15. The van der Waals surface area contributed by atoms with Crippen LogP contribution in [-0.2, 0) is 0 Å². The number of hydrogen-bond donors (Lipinski definition) is 1. The molecule has 4 nitrogen and oxygen atoms in total. The fraction of sp³-hybridized carbons (Fsp3) is 0.333. The second-order valence-electron chi connectivity index (χ2n) is 2.06. The zero-order valence-electron chi connectivity index (χ0n) is 5.65. The summed E-state index contributed by atoms with van der Waals surface area (Å²) in [6.45, 7) is 1.76. The highest BCUT2D eigenvalue weighted by atomic mass is 15.3. The number of nitrogens with zero attached hydrogens (tertiary/aromatic N) is 3. The highest BCUT2D eigenvalue weighted by molar-refractivity contribution is 5.30. The molecule has 0 bridgehead atoms. The highest BCUT2D eigenvalue weighted by Gasteiger charge is 2.01. The van der Waals surface area contributed by atoms with Gasteiger partial charge in [0.05, 0.1) is 18.0 Å². The van der Waals surface area contributed by atoms with Crippen molar-refractivity contribution in [2.24, 2.45) is 0 Å². The lowest BCUT2D eigenvalue weighted by atomic mass is 10.4. The van der Waals surface area contributed by atoms with Gasteiger partial charge in [0.15, 0.2) is 0 Å². The Morgan fingerprint density at radius 2 is 2.60 bits per heavy atom. The monoisotopic (exact) mass is 136 g/mol. The van der Waals surface area contributed by atoms with E-state index < -0.39 is 0 Å². The summed E-state index contributed by atoms with van der Waals surface area (Å²) < 4.78 is 1.52. The van der Waals surface area contributed by atoms with Gasteiger partial charge in [-0.15, -0.1) is 0 Å². The van der Waals surface area contributed by atoms with Gasteiger partial charge in [0.2, 0.25) is 0 Å². The van der Waals surface area contributed by atoms with Crippen molar-refractivity contribution in [3.05, 3.63) is 12.4 Å². The van der Waals surface area contributed by atoms with Crippen LogP contribution < -0.4 is 5.73 Å². The van der Waals surface area contributed by atoms with E-state index >= 15 is 0 Å². The van der Waals surface area contributed by atoms with Crippen molar-refractivity contribution in [2.45, 2.75) is 13.0 Å². The van der Waals surface area contributed by atoms with E-state index in [-0.39, 0.29) is 6.04 Å². The van der Waals surface area contributed by atoms with Crippen molar-refractivity contribution in [2.75, 3.05) is 5.73 Å². The van der Waals surface area contributed by atoms with Crippen molar-refractivity contribution in [3.63, 3.8) is 0 Å². The second-order valence-corrected chi connectivity index (χ2v) is 2.06. The summed E-state index contributed by atoms with van der Waals surface area (Å²) in [5, 5.41) is 12.3. The van der Waals surface area contributed by atoms with Gasteiger partial charge in [-0.2, -0.15) is 10.4 Å². The summed E-state index contributed by atoms with van der Waals surface area (Å²) in [5.74, 6) is 0. The van der Waals surface area contributed by atoms with Crippen LogP contribution in [0, 0.1) is 11.3 Å². The van der Waals surface area contributed by atoms with Gasteiger partial charge in [0.1, 0.15) is 6.04 Å². The smallest absolute Gasteiger partial charge is 0.135 e. The molecule has 4 heteroatoms. The van der Waals surface area contributed by atoms with E-state index in [2.05, 4.69) is 5.10 Å². The molecule has 0 radical (unpaired) electrons. The molecule has 2 N–H and O–H groups in total. The molecule has 0 aliphatic rings. The molecule has 0 aromatic carbocycles. The predicted octanol–water partition coefficient (Wildman–Crippen LogP) is 0.550. The Bertz CT molecular complexity index is 257. The number of nitrogens with two attached hydrogens (primary N) is 1. The molecule has 1 aromatic heterocycles. The Kier molecular flexibility index (Phi) is 1.59. The van der Waals surface area contributed by atoms with Crippen LogP contribution in [-0.4, -0.2) is 9.78 Å². The lowest BCUT2D eigenvalue weighted by molar-refractivity contribution is 0.591. The van der Waals surface area contributed by atoms with E-state index in [1.54, 1.807) is 13.1 Å². The Labute approximate surface area is 58.9 Å². The number of rotatable bonds is 1. The number of nitriles is 1. The van der Waals surface area contributed by atoms with Gasteiger partial charge in [-0.05, 0) is 6.92 Å². The van der Waals surface area contributed by atoms with Crippen LogP contribution in [0.1, 0.15) is 13.0 Å². The molecule has 1 atom stereocenters. The maximum atomic E-state index is 8.45. The van der Waals surface area contributed by atoms with Gasteiger partial charge >= 0.3 is 0 Å². The zero-order valence-corrected chi connectivity index (χ0v) is 5.65. The van der Waals surface area contributed by atoms with Crippen LogP contribution in [0.4, 0.5) is 5.69 Å². The van der Waals surface area contributed by atoms with E-state index in [1.807, 2.05) is 6.07 Å². The lowest BCUT2D eigenvalue weighted by Crippen LogP contribution is -2.01. The highest BCUT2D eigenvalue weighted by Crippen LogP contribution is 2.05. The Hall–Kier alpha value is -1.50. The molecule has 0 aliphatic carbocycles. The first kappa shape index (κ1) is 6.62. The van der Waals surface area contributed by atoms with E-state index in [1.165, 1.54) is 10.9 Å². The summed E-state index contributed by atoms with van der Waals surface area (Å²) >= 11 is 0. The molecule has 0 spiro atoms. The van der Waals surface area contributed by atoms with Crippen LogP contribution in [0.25, 0.3) is 0 Å². The summed E-state index contributed by atoms with van der Waals surface area (Å²) in [4.78, 5) is 0. The summed E-state index contributed by atoms with van der Waals surface area (Å²) in [7, 11) is 0. The predicted molar refractivity (Wildman–Crippen MR) is 37.0 cm³/mol. The van der Waals surface area contributed by atoms with Gasteiger partial charge in [-0.25, -0.2) is 0 Å². The minimum atomic E-state index is -0.239. The Morgan fingerprint density at radius 3 is 3.00 bits per heavy atom. The average Bonchev–Trinajstić information content (AvgIpc) is 2.34. The van der Waals surface area contributed by atoms with Gasteiger partial charge in [0.25, 0.3) is 0 Å². The third-order valence-corrected chi connectivity index (χ3v) is 1.21. The van der Waals surface area contributed by atoms with Crippen LogP contribution in [0.2, 0.25) is 0 Å². The summed E-state index contributed by atoms with van der Waals surface area (Å²) in [5.41, 5.74) is 5.96. The molecule has 0 saturated heterocycles.